The summed E-state index contributed by atoms with van der Waals surface area (Å²) in [7, 11) is 0. The minimum absolute atomic E-state index is 0.180. The van der Waals surface area contributed by atoms with Gasteiger partial charge in [-0.15, -0.1) is 0 Å². The SMILES string of the molecule is Cc1cccc2cc(C3CCCCCC3O)oc12. The second-order valence-corrected chi connectivity index (χ2v) is 5.45. The van der Waals surface area contributed by atoms with Gasteiger partial charge in [-0.25, -0.2) is 0 Å². The van der Waals surface area contributed by atoms with Crippen LogP contribution in [0.1, 0.15) is 49.3 Å². The molecule has 2 atom stereocenters. The van der Waals surface area contributed by atoms with Gasteiger partial charge < -0.3 is 9.52 Å². The van der Waals surface area contributed by atoms with E-state index in [4.69, 9.17) is 4.42 Å². The zero-order valence-corrected chi connectivity index (χ0v) is 10.9. The molecule has 2 unspecified atom stereocenters. The molecule has 3 rings (SSSR count). The van der Waals surface area contributed by atoms with E-state index in [1.54, 1.807) is 0 Å². The summed E-state index contributed by atoms with van der Waals surface area (Å²) in [5.74, 6) is 1.15. The van der Waals surface area contributed by atoms with Crippen LogP contribution in [0.3, 0.4) is 0 Å². The minimum atomic E-state index is -0.242. The molecule has 0 spiro atoms. The zero-order valence-electron chi connectivity index (χ0n) is 10.9. The summed E-state index contributed by atoms with van der Waals surface area (Å²) in [5.41, 5.74) is 2.14. The Kier molecular flexibility index (Phi) is 3.13. The van der Waals surface area contributed by atoms with Crippen LogP contribution in [0.4, 0.5) is 0 Å². The quantitative estimate of drug-likeness (QED) is 0.764. The maximum Gasteiger partial charge on any atom is 0.137 e. The number of fused-ring (bicyclic) bond motifs is 1. The molecule has 1 saturated carbocycles. The molecule has 0 amide bonds. The number of aliphatic hydroxyl groups is 1. The first kappa shape index (κ1) is 11.8. The van der Waals surface area contributed by atoms with Gasteiger partial charge in [0.2, 0.25) is 0 Å². The third-order valence-electron chi connectivity index (χ3n) is 4.10. The fourth-order valence-electron chi connectivity index (χ4n) is 3.03. The Hall–Kier alpha value is -1.28. The average molecular weight is 244 g/mol. The highest BCUT2D eigenvalue weighted by atomic mass is 16.3. The molecule has 0 radical (unpaired) electrons. The Morgan fingerprint density at radius 3 is 2.83 bits per heavy atom. The third-order valence-corrected chi connectivity index (χ3v) is 4.10. The van der Waals surface area contributed by atoms with Crippen molar-refractivity contribution in [2.24, 2.45) is 0 Å². The van der Waals surface area contributed by atoms with Gasteiger partial charge >= 0.3 is 0 Å². The standard InChI is InChI=1S/C16H20O2/c1-11-6-5-7-12-10-15(18-16(11)12)13-8-3-2-4-9-14(13)17/h5-7,10,13-14,17H,2-4,8-9H2,1H3. The largest absolute Gasteiger partial charge is 0.460 e. The van der Waals surface area contributed by atoms with Gasteiger partial charge in [-0.2, -0.15) is 0 Å². The molecule has 2 heteroatoms. The average Bonchev–Trinajstić information content (AvgIpc) is 2.67. The topological polar surface area (TPSA) is 33.4 Å². The molecule has 2 aromatic rings. The van der Waals surface area contributed by atoms with Gasteiger partial charge in [0.25, 0.3) is 0 Å². The first-order chi connectivity index (χ1) is 8.75. The lowest BCUT2D eigenvalue weighted by atomic mass is 9.94. The van der Waals surface area contributed by atoms with E-state index >= 15 is 0 Å². The summed E-state index contributed by atoms with van der Waals surface area (Å²) in [6, 6.07) is 8.32. The van der Waals surface area contributed by atoms with Crippen LogP contribution < -0.4 is 0 Å². The van der Waals surface area contributed by atoms with E-state index in [-0.39, 0.29) is 12.0 Å². The van der Waals surface area contributed by atoms with Gasteiger partial charge in [-0.1, -0.05) is 37.5 Å². The van der Waals surface area contributed by atoms with Crippen molar-refractivity contribution in [1.29, 1.82) is 0 Å². The summed E-state index contributed by atoms with van der Waals surface area (Å²) < 4.78 is 6.00. The number of para-hydroxylation sites is 1. The molecule has 1 heterocycles. The summed E-state index contributed by atoms with van der Waals surface area (Å²) in [6.07, 6.45) is 5.26. The second kappa shape index (κ2) is 4.77. The van der Waals surface area contributed by atoms with Crippen LogP contribution in [0.2, 0.25) is 0 Å². The second-order valence-electron chi connectivity index (χ2n) is 5.45. The molecule has 1 aromatic heterocycles. The fraction of sp³-hybridized carbons (Fsp3) is 0.500. The van der Waals surface area contributed by atoms with Crippen molar-refractivity contribution in [1.82, 2.24) is 0 Å². The fourth-order valence-corrected chi connectivity index (χ4v) is 3.03. The molecule has 0 bridgehead atoms. The van der Waals surface area contributed by atoms with E-state index < -0.39 is 0 Å². The van der Waals surface area contributed by atoms with Crippen LogP contribution >= 0.6 is 0 Å². The molecule has 1 fully saturated rings. The van der Waals surface area contributed by atoms with Crippen molar-refractivity contribution in [2.45, 2.75) is 51.0 Å². The maximum absolute atomic E-state index is 10.2. The first-order valence-corrected chi connectivity index (χ1v) is 6.93. The molecule has 18 heavy (non-hydrogen) atoms. The lowest BCUT2D eigenvalue weighted by Crippen LogP contribution is -2.16. The molecule has 1 N–H and O–H groups in total. The van der Waals surface area contributed by atoms with Gasteiger partial charge in [-0.3, -0.25) is 0 Å². The highest BCUT2D eigenvalue weighted by Gasteiger charge is 2.26. The van der Waals surface area contributed by atoms with Crippen LogP contribution in [0.25, 0.3) is 11.0 Å². The molecule has 1 aromatic carbocycles. The molecule has 0 aliphatic heterocycles. The van der Waals surface area contributed by atoms with Crippen LogP contribution in [0.5, 0.6) is 0 Å². The van der Waals surface area contributed by atoms with Crippen molar-refractivity contribution < 1.29 is 9.52 Å². The van der Waals surface area contributed by atoms with E-state index in [1.807, 2.05) is 0 Å². The molecule has 0 saturated heterocycles. The highest BCUT2D eigenvalue weighted by molar-refractivity contribution is 5.81. The normalized spacial score (nSPS) is 25.2. The molecule has 1 aliphatic rings. The molecular weight excluding hydrogens is 224 g/mol. The van der Waals surface area contributed by atoms with Gasteiger partial charge in [0.05, 0.1) is 6.10 Å². The third kappa shape index (κ3) is 2.05. The predicted molar refractivity (Wildman–Crippen MR) is 72.8 cm³/mol. The Morgan fingerprint density at radius 1 is 1.17 bits per heavy atom. The van der Waals surface area contributed by atoms with Gasteiger partial charge in [0.15, 0.2) is 0 Å². The van der Waals surface area contributed by atoms with Crippen LogP contribution in [-0.4, -0.2) is 11.2 Å². The van der Waals surface area contributed by atoms with Gasteiger partial charge in [-0.05, 0) is 31.4 Å². The molecular formula is C16H20O2. The van der Waals surface area contributed by atoms with E-state index in [2.05, 4.69) is 31.2 Å². The Balaban J connectivity index is 2.00. The van der Waals surface area contributed by atoms with E-state index in [1.165, 1.54) is 18.4 Å². The van der Waals surface area contributed by atoms with Crippen molar-refractivity contribution in [2.75, 3.05) is 0 Å². The lowest BCUT2D eigenvalue weighted by Gasteiger charge is -2.17. The van der Waals surface area contributed by atoms with Crippen LogP contribution in [0.15, 0.2) is 28.7 Å². The summed E-state index contributed by atoms with van der Waals surface area (Å²) in [5, 5.41) is 11.4. The Bertz CT molecular complexity index is 541. The number of furan rings is 1. The molecule has 2 nitrogen and oxygen atoms in total. The van der Waals surface area contributed by atoms with Gasteiger partial charge in [0.1, 0.15) is 11.3 Å². The minimum Gasteiger partial charge on any atom is -0.460 e. The van der Waals surface area contributed by atoms with E-state index in [0.29, 0.717) is 0 Å². The first-order valence-electron chi connectivity index (χ1n) is 6.93. The van der Waals surface area contributed by atoms with E-state index in [9.17, 15) is 5.11 Å². The number of hydrogen-bond donors (Lipinski definition) is 1. The molecule has 1 aliphatic carbocycles. The number of aliphatic hydroxyl groups excluding tert-OH is 1. The van der Waals surface area contributed by atoms with Crippen molar-refractivity contribution in [3.05, 3.63) is 35.6 Å². The summed E-state index contributed by atoms with van der Waals surface area (Å²) >= 11 is 0. The van der Waals surface area contributed by atoms with Crippen molar-refractivity contribution >= 4 is 11.0 Å². The zero-order chi connectivity index (χ0) is 12.5. The van der Waals surface area contributed by atoms with Gasteiger partial charge in [0, 0.05) is 11.3 Å². The summed E-state index contributed by atoms with van der Waals surface area (Å²) in [4.78, 5) is 0. The van der Waals surface area contributed by atoms with Crippen molar-refractivity contribution in [3.63, 3.8) is 0 Å². The van der Waals surface area contributed by atoms with Crippen LogP contribution in [-0.2, 0) is 0 Å². The number of rotatable bonds is 1. The lowest BCUT2D eigenvalue weighted by molar-refractivity contribution is 0.126. The number of aryl methyl sites for hydroxylation is 1. The Labute approximate surface area is 108 Å². The monoisotopic (exact) mass is 244 g/mol. The predicted octanol–water partition coefficient (Wildman–Crippen LogP) is 4.15. The highest BCUT2D eigenvalue weighted by Crippen LogP contribution is 2.35. The Morgan fingerprint density at radius 2 is 2.00 bits per heavy atom. The van der Waals surface area contributed by atoms with E-state index in [0.717, 1.165) is 36.0 Å². The maximum atomic E-state index is 10.2. The summed E-state index contributed by atoms with van der Waals surface area (Å²) in [6.45, 7) is 2.07. The van der Waals surface area contributed by atoms with Crippen LogP contribution in [0, 0.1) is 6.92 Å². The molecule has 96 valence electrons. The number of hydrogen-bond acceptors (Lipinski definition) is 2. The van der Waals surface area contributed by atoms with Crippen molar-refractivity contribution in [3.8, 4) is 0 Å². The smallest absolute Gasteiger partial charge is 0.137 e. The number of benzene rings is 1.